The van der Waals surface area contributed by atoms with E-state index < -0.39 is 40.5 Å². The zero-order valence-electron chi connectivity index (χ0n) is 14.1. The maximum absolute atomic E-state index is 12.8. The van der Waals surface area contributed by atoms with Crippen molar-refractivity contribution in [2.75, 3.05) is 14.2 Å². The van der Waals surface area contributed by atoms with Crippen molar-refractivity contribution < 1.29 is 29.3 Å². The number of H-pyrrole nitrogens is 1. The monoisotopic (exact) mass is 361 g/mol. The Morgan fingerprint density at radius 3 is 1.44 bits per heavy atom. The van der Waals surface area contributed by atoms with Gasteiger partial charge < -0.3 is 19.7 Å². The maximum atomic E-state index is 12.8. The summed E-state index contributed by atoms with van der Waals surface area (Å²) in [6.45, 7) is 2.67. The van der Waals surface area contributed by atoms with Crippen LogP contribution in [-0.2, 0) is 30.5 Å². The molecule has 0 spiro atoms. The molecular formula is C13H19N3O9. The van der Waals surface area contributed by atoms with Gasteiger partial charge >= 0.3 is 29.0 Å². The molecule has 1 aromatic heterocycles. The van der Waals surface area contributed by atoms with Crippen LogP contribution in [0.5, 0.6) is 0 Å². The number of hydrogen-bond acceptors (Lipinski definition) is 7. The fraction of sp³-hybridized carbons (Fsp3) is 0.615. The van der Waals surface area contributed by atoms with Crippen molar-refractivity contribution >= 4 is 11.9 Å². The summed E-state index contributed by atoms with van der Waals surface area (Å²) in [6.07, 6.45) is -0.724. The highest BCUT2D eigenvalue weighted by Gasteiger charge is 2.47. The number of methoxy groups -OCH3 is 2. The molecule has 140 valence electrons. The first-order chi connectivity index (χ1) is 11.6. The quantitative estimate of drug-likeness (QED) is 0.487. The van der Waals surface area contributed by atoms with Crippen LogP contribution < -0.4 is 17.1 Å². The Morgan fingerprint density at radius 1 is 0.920 bits per heavy atom. The summed E-state index contributed by atoms with van der Waals surface area (Å²) in [7, 11) is 1.92. The van der Waals surface area contributed by atoms with Gasteiger partial charge in [0.15, 0.2) is 0 Å². The second-order valence-electron chi connectivity index (χ2n) is 4.98. The standard InChI is InChI=1S/C13H19N3O9/c1-5-12(24-3,7(17)18)15-9(21)14-10(22)16(11(15)23)13(6-2,25-4)8(19)20/h5-6H2,1-4H3,(H,17,18)(H,19,20)(H,14,21,22). The lowest BCUT2D eigenvalue weighted by Crippen LogP contribution is -2.65. The minimum Gasteiger partial charge on any atom is -0.478 e. The molecule has 0 fully saturated rings. The van der Waals surface area contributed by atoms with Gasteiger partial charge in [-0.1, -0.05) is 13.8 Å². The molecule has 2 unspecified atom stereocenters. The molecule has 0 radical (unpaired) electrons. The van der Waals surface area contributed by atoms with Gasteiger partial charge in [0.25, 0.3) is 11.4 Å². The molecule has 1 rings (SSSR count). The molecule has 0 aliphatic rings. The third-order valence-corrected chi connectivity index (χ3v) is 4.03. The van der Waals surface area contributed by atoms with Crippen molar-refractivity contribution in [1.82, 2.24) is 14.1 Å². The summed E-state index contributed by atoms with van der Waals surface area (Å²) in [4.78, 5) is 62.0. The number of nitrogens with one attached hydrogen (secondary N) is 1. The molecule has 0 aliphatic carbocycles. The molecule has 0 amide bonds. The SMILES string of the molecule is CCC(OC)(C(=O)O)n1c(=O)[nH]c(=O)n(C(CC)(OC)C(=O)O)c1=O. The molecule has 12 nitrogen and oxygen atoms in total. The first-order valence-electron chi connectivity index (χ1n) is 7.16. The average Bonchev–Trinajstić information content (AvgIpc) is 2.54. The Balaban J connectivity index is 4.13. The fourth-order valence-corrected chi connectivity index (χ4v) is 2.57. The Kier molecular flexibility index (Phi) is 5.71. The Morgan fingerprint density at radius 2 is 1.24 bits per heavy atom. The van der Waals surface area contributed by atoms with E-state index >= 15 is 0 Å². The highest BCUT2D eigenvalue weighted by atomic mass is 16.5. The van der Waals surface area contributed by atoms with Crippen LogP contribution in [0.3, 0.4) is 0 Å². The number of carbonyl (C=O) groups is 2. The smallest absolute Gasteiger partial charge is 0.358 e. The third kappa shape index (κ3) is 2.78. The van der Waals surface area contributed by atoms with E-state index in [1.165, 1.54) is 13.8 Å². The van der Waals surface area contributed by atoms with E-state index in [2.05, 4.69) is 0 Å². The number of aromatic nitrogens is 3. The first kappa shape index (κ1) is 20.3. The van der Waals surface area contributed by atoms with Crippen LogP contribution in [0.1, 0.15) is 26.7 Å². The molecule has 1 heterocycles. The number of nitrogens with zero attached hydrogens (tertiary/aromatic N) is 2. The molecule has 3 N–H and O–H groups in total. The summed E-state index contributed by atoms with van der Waals surface area (Å²) in [6, 6.07) is 0. The van der Waals surface area contributed by atoms with Gasteiger partial charge in [-0.05, 0) is 0 Å². The van der Waals surface area contributed by atoms with Crippen LogP contribution in [0.25, 0.3) is 0 Å². The van der Waals surface area contributed by atoms with Crippen LogP contribution in [0.15, 0.2) is 14.4 Å². The van der Waals surface area contributed by atoms with E-state index in [-0.39, 0.29) is 22.0 Å². The van der Waals surface area contributed by atoms with Crippen molar-refractivity contribution in [3.63, 3.8) is 0 Å². The Hall–Kier alpha value is -2.73. The summed E-state index contributed by atoms with van der Waals surface area (Å²) in [5.74, 6) is -3.35. The predicted octanol–water partition coefficient (Wildman–Crippen LogP) is -1.71. The fourth-order valence-electron chi connectivity index (χ4n) is 2.57. The first-order valence-corrected chi connectivity index (χ1v) is 7.16. The second kappa shape index (κ2) is 7.03. The van der Waals surface area contributed by atoms with Gasteiger partial charge in [0, 0.05) is 27.1 Å². The van der Waals surface area contributed by atoms with E-state index in [1.54, 1.807) is 4.98 Å². The largest absolute Gasteiger partial charge is 0.478 e. The van der Waals surface area contributed by atoms with Crippen molar-refractivity contribution in [2.45, 2.75) is 38.1 Å². The molecule has 0 saturated carbocycles. The van der Waals surface area contributed by atoms with Gasteiger partial charge in [-0.3, -0.25) is 4.98 Å². The third-order valence-electron chi connectivity index (χ3n) is 4.03. The lowest BCUT2D eigenvalue weighted by molar-refractivity contribution is -0.184. The average molecular weight is 361 g/mol. The van der Waals surface area contributed by atoms with Gasteiger partial charge in [0.2, 0.25) is 0 Å². The number of aliphatic carboxylic acids is 2. The van der Waals surface area contributed by atoms with Crippen molar-refractivity contribution in [2.24, 2.45) is 0 Å². The van der Waals surface area contributed by atoms with Crippen LogP contribution in [0, 0.1) is 0 Å². The summed E-state index contributed by atoms with van der Waals surface area (Å²) < 4.78 is 10.0. The van der Waals surface area contributed by atoms with Gasteiger partial charge in [0.05, 0.1) is 0 Å². The van der Waals surface area contributed by atoms with Gasteiger partial charge in [-0.2, -0.15) is 0 Å². The molecule has 0 aliphatic heterocycles. The molecule has 0 bridgehead atoms. The zero-order valence-corrected chi connectivity index (χ0v) is 14.1. The number of rotatable bonds is 8. The lowest BCUT2D eigenvalue weighted by Gasteiger charge is -2.31. The van der Waals surface area contributed by atoms with Crippen molar-refractivity contribution in [3.8, 4) is 0 Å². The highest BCUT2D eigenvalue weighted by molar-refractivity contribution is 5.75. The van der Waals surface area contributed by atoms with E-state index in [0.717, 1.165) is 14.2 Å². The topological polar surface area (TPSA) is 170 Å². The van der Waals surface area contributed by atoms with E-state index in [9.17, 15) is 34.2 Å². The van der Waals surface area contributed by atoms with Crippen LogP contribution in [0.4, 0.5) is 0 Å². The van der Waals surface area contributed by atoms with Crippen LogP contribution in [0.2, 0.25) is 0 Å². The van der Waals surface area contributed by atoms with Crippen LogP contribution in [-0.4, -0.2) is 50.5 Å². The molecule has 2 atom stereocenters. The van der Waals surface area contributed by atoms with Gasteiger partial charge in [-0.15, -0.1) is 0 Å². The Bertz CT molecular complexity index is 774. The number of hydrogen-bond donors (Lipinski definition) is 3. The number of carboxylic acids is 2. The molecule has 0 saturated heterocycles. The number of carboxylic acid groups (broad SMARTS) is 2. The molecule has 12 heteroatoms. The highest BCUT2D eigenvalue weighted by Crippen LogP contribution is 2.21. The molecule has 0 aromatic carbocycles. The summed E-state index contributed by atoms with van der Waals surface area (Å²) >= 11 is 0. The number of ether oxygens (including phenoxy) is 2. The minimum absolute atomic E-state index is 0.142. The normalized spacial score (nSPS) is 16.0. The van der Waals surface area contributed by atoms with Gasteiger partial charge in [-0.25, -0.2) is 33.1 Å². The van der Waals surface area contributed by atoms with E-state index in [0.29, 0.717) is 0 Å². The summed E-state index contributed by atoms with van der Waals surface area (Å²) in [5.41, 5.74) is -9.09. The Labute approximate surface area is 140 Å². The maximum Gasteiger partial charge on any atom is 0.358 e. The minimum atomic E-state index is -2.44. The van der Waals surface area contributed by atoms with Crippen LogP contribution >= 0.6 is 0 Å². The zero-order chi connectivity index (χ0) is 19.6. The van der Waals surface area contributed by atoms with Gasteiger partial charge in [0.1, 0.15) is 0 Å². The predicted molar refractivity (Wildman–Crippen MR) is 81.4 cm³/mol. The van der Waals surface area contributed by atoms with E-state index in [4.69, 9.17) is 9.47 Å². The van der Waals surface area contributed by atoms with Crippen molar-refractivity contribution in [1.29, 1.82) is 0 Å². The number of aromatic amines is 1. The lowest BCUT2D eigenvalue weighted by atomic mass is 10.1. The molecular weight excluding hydrogens is 342 g/mol. The summed E-state index contributed by atoms with van der Waals surface area (Å²) in [5, 5.41) is 18.9. The van der Waals surface area contributed by atoms with E-state index in [1.807, 2.05) is 0 Å². The molecule has 25 heavy (non-hydrogen) atoms. The molecule has 1 aromatic rings. The van der Waals surface area contributed by atoms with Crippen molar-refractivity contribution in [3.05, 3.63) is 31.5 Å². The second-order valence-corrected chi connectivity index (χ2v) is 4.98.